The second-order valence-corrected chi connectivity index (χ2v) is 14.6. The second-order valence-electron chi connectivity index (χ2n) is 14.6. The Hall–Kier alpha value is -5.10. The molecule has 2 aromatic carbocycles. The third-order valence-corrected chi connectivity index (χ3v) is 9.43. The van der Waals surface area contributed by atoms with Crippen molar-refractivity contribution in [3.63, 3.8) is 0 Å². The van der Waals surface area contributed by atoms with Crippen LogP contribution in [0.15, 0.2) is 48.5 Å². The fourth-order valence-corrected chi connectivity index (χ4v) is 5.95. The number of nitrogens with two attached hydrogens (primary N) is 4. The van der Waals surface area contributed by atoms with Crippen molar-refractivity contribution in [2.45, 2.75) is 109 Å². The standard InChI is InChI=1S/C43H69N9O8/c44-20-12-16-36(46)42(57)51-24-22-49-40(55)33-28-34(41(56)50-23-25-52-43(58)37(47)17-13-21-45)30-35(29-33)59-27-26-48-38(53)18-10-5-3-1-2-4-6-11-19-39(54)60-31-32-14-8-7-9-15-32/h7-9,14-15,28-30,36-37H,1-6,10-13,16-27,31,44-47H2,(H,48,53)(H,49,55)(H,50,56)(H,51,57)(H,52,58)/t36-,37?/m0/s1. The fraction of sp³-hybridized carbons (Fsp3) is 0.581. The zero-order valence-electron chi connectivity index (χ0n) is 35.1. The van der Waals surface area contributed by atoms with Crippen LogP contribution in [0.3, 0.4) is 0 Å². The lowest BCUT2D eigenvalue weighted by molar-refractivity contribution is -0.145. The van der Waals surface area contributed by atoms with Gasteiger partial charge in [-0.2, -0.15) is 0 Å². The van der Waals surface area contributed by atoms with Crippen molar-refractivity contribution in [1.82, 2.24) is 26.6 Å². The average molecular weight is 840 g/mol. The van der Waals surface area contributed by atoms with E-state index in [9.17, 15) is 28.8 Å². The van der Waals surface area contributed by atoms with Crippen molar-refractivity contribution in [3.8, 4) is 5.75 Å². The molecule has 2 atom stereocenters. The molecule has 2 rings (SSSR count). The molecule has 0 spiro atoms. The maximum atomic E-state index is 13.1. The Bertz CT molecular complexity index is 1520. The quantitative estimate of drug-likeness (QED) is 0.0367. The van der Waals surface area contributed by atoms with Crippen LogP contribution >= 0.6 is 0 Å². The number of unbranched alkanes of at least 4 members (excludes halogenated alkanes) is 7. The maximum Gasteiger partial charge on any atom is 0.306 e. The lowest BCUT2D eigenvalue weighted by Gasteiger charge is -2.14. The minimum atomic E-state index is -0.695. The van der Waals surface area contributed by atoms with Crippen molar-refractivity contribution < 1.29 is 38.2 Å². The van der Waals surface area contributed by atoms with E-state index in [1.54, 1.807) is 0 Å². The summed E-state index contributed by atoms with van der Waals surface area (Å²) >= 11 is 0. The van der Waals surface area contributed by atoms with E-state index in [2.05, 4.69) is 26.6 Å². The molecule has 0 aliphatic rings. The predicted molar refractivity (Wildman–Crippen MR) is 231 cm³/mol. The van der Waals surface area contributed by atoms with E-state index >= 15 is 0 Å². The number of esters is 1. The molecule has 0 bridgehead atoms. The van der Waals surface area contributed by atoms with Crippen LogP contribution < -0.4 is 54.3 Å². The normalized spacial score (nSPS) is 11.8. The molecule has 17 heteroatoms. The molecular formula is C43H69N9O8. The number of hydrogen-bond donors (Lipinski definition) is 9. The first-order valence-corrected chi connectivity index (χ1v) is 21.3. The highest BCUT2D eigenvalue weighted by Gasteiger charge is 2.17. The molecule has 2 aromatic rings. The monoisotopic (exact) mass is 840 g/mol. The second kappa shape index (κ2) is 31.8. The number of carbonyl (C=O) groups excluding carboxylic acids is 6. The average Bonchev–Trinajstić information content (AvgIpc) is 3.26. The number of rotatable bonds is 33. The lowest BCUT2D eigenvalue weighted by atomic mass is 10.1. The summed E-state index contributed by atoms with van der Waals surface area (Å²) in [5, 5.41) is 13.6. The van der Waals surface area contributed by atoms with E-state index in [-0.39, 0.29) is 79.9 Å². The first-order valence-electron chi connectivity index (χ1n) is 21.3. The van der Waals surface area contributed by atoms with Gasteiger partial charge < -0.3 is 59.0 Å². The Morgan fingerprint density at radius 3 is 1.55 bits per heavy atom. The molecule has 1 unspecified atom stereocenters. The lowest BCUT2D eigenvalue weighted by Crippen LogP contribution is -2.43. The number of hydrogen-bond acceptors (Lipinski definition) is 12. The van der Waals surface area contributed by atoms with Gasteiger partial charge in [0.15, 0.2) is 0 Å². The molecule has 60 heavy (non-hydrogen) atoms. The molecule has 334 valence electrons. The number of nitrogens with one attached hydrogen (secondary N) is 5. The van der Waals surface area contributed by atoms with E-state index in [4.69, 9.17) is 32.4 Å². The van der Waals surface area contributed by atoms with Crippen LogP contribution in [0.1, 0.15) is 116 Å². The highest BCUT2D eigenvalue weighted by Crippen LogP contribution is 2.18. The highest BCUT2D eigenvalue weighted by atomic mass is 16.5. The van der Waals surface area contributed by atoms with Crippen LogP contribution in [-0.4, -0.2) is 100 Å². The smallest absolute Gasteiger partial charge is 0.306 e. The van der Waals surface area contributed by atoms with E-state index in [1.807, 2.05) is 30.3 Å². The van der Waals surface area contributed by atoms with Crippen LogP contribution in [0, 0.1) is 0 Å². The number of amides is 5. The summed E-state index contributed by atoms with van der Waals surface area (Å²) in [6.07, 6.45) is 10.7. The van der Waals surface area contributed by atoms with Crippen molar-refractivity contribution in [2.24, 2.45) is 22.9 Å². The van der Waals surface area contributed by atoms with E-state index in [0.29, 0.717) is 58.2 Å². The first-order chi connectivity index (χ1) is 29.0. The molecule has 13 N–H and O–H groups in total. The molecule has 0 radical (unpaired) electrons. The van der Waals surface area contributed by atoms with Gasteiger partial charge in [0.05, 0.1) is 18.6 Å². The minimum absolute atomic E-state index is 0.0919. The molecule has 0 aliphatic heterocycles. The predicted octanol–water partition coefficient (Wildman–Crippen LogP) is 1.65. The third-order valence-electron chi connectivity index (χ3n) is 9.43. The molecule has 0 saturated heterocycles. The molecule has 17 nitrogen and oxygen atoms in total. The summed E-state index contributed by atoms with van der Waals surface area (Å²) < 4.78 is 11.2. The molecule has 0 aliphatic carbocycles. The van der Waals surface area contributed by atoms with Crippen LogP contribution in [0.2, 0.25) is 0 Å². The summed E-state index contributed by atoms with van der Waals surface area (Å²) in [7, 11) is 0. The van der Waals surface area contributed by atoms with Crippen molar-refractivity contribution in [2.75, 3.05) is 52.4 Å². The van der Waals surface area contributed by atoms with Gasteiger partial charge in [0, 0.05) is 50.1 Å². The molecule has 0 saturated carbocycles. The van der Waals surface area contributed by atoms with E-state index in [0.717, 1.165) is 56.9 Å². The summed E-state index contributed by atoms with van der Waals surface area (Å²) in [6.45, 7) is 1.98. The minimum Gasteiger partial charge on any atom is -0.492 e. The van der Waals surface area contributed by atoms with Gasteiger partial charge in [0.1, 0.15) is 19.0 Å². The molecule has 0 fully saturated rings. The first kappa shape index (κ1) is 51.0. The SMILES string of the molecule is NCCCC(N)C(=O)NCCNC(=O)c1cc(OCCNC(=O)CCCCCCCCCCC(=O)OCc2ccccc2)cc(C(=O)NCCNC(=O)[C@@H](N)CCCN)c1. The van der Waals surface area contributed by atoms with Crippen molar-refractivity contribution in [3.05, 3.63) is 65.2 Å². The van der Waals surface area contributed by atoms with Gasteiger partial charge >= 0.3 is 5.97 Å². The topological polar surface area (TPSA) is 285 Å². The Balaban J connectivity index is 1.74. The van der Waals surface area contributed by atoms with Crippen molar-refractivity contribution >= 4 is 35.5 Å². The zero-order valence-corrected chi connectivity index (χ0v) is 35.1. The van der Waals surface area contributed by atoms with Gasteiger partial charge in [0.2, 0.25) is 17.7 Å². The molecule has 0 heterocycles. The molecular weight excluding hydrogens is 771 g/mol. The highest BCUT2D eigenvalue weighted by molar-refractivity contribution is 6.00. The summed E-state index contributed by atoms with van der Waals surface area (Å²) in [6, 6.07) is 12.6. The summed E-state index contributed by atoms with van der Waals surface area (Å²) in [4.78, 5) is 75.0. The Kier molecular flexibility index (Phi) is 27.0. The van der Waals surface area contributed by atoms with Gasteiger partial charge in [-0.1, -0.05) is 68.9 Å². The van der Waals surface area contributed by atoms with Gasteiger partial charge in [-0.05, 0) is 75.4 Å². The number of benzene rings is 2. The van der Waals surface area contributed by atoms with Gasteiger partial charge in [-0.3, -0.25) is 28.8 Å². The third kappa shape index (κ3) is 23.5. The number of carbonyl (C=O) groups is 6. The van der Waals surface area contributed by atoms with Crippen LogP contribution in [-0.2, 0) is 30.5 Å². The molecule has 5 amide bonds. The number of ether oxygens (including phenoxy) is 2. The zero-order chi connectivity index (χ0) is 43.8. The largest absolute Gasteiger partial charge is 0.492 e. The Morgan fingerprint density at radius 1 is 0.550 bits per heavy atom. The van der Waals surface area contributed by atoms with Gasteiger partial charge in [-0.25, -0.2) is 0 Å². The summed E-state index contributed by atoms with van der Waals surface area (Å²) in [5.74, 6) is -1.71. The molecule has 0 aromatic heterocycles. The van der Waals surface area contributed by atoms with Crippen LogP contribution in [0.4, 0.5) is 0 Å². The van der Waals surface area contributed by atoms with Gasteiger partial charge in [-0.15, -0.1) is 0 Å². The fourth-order valence-electron chi connectivity index (χ4n) is 5.95. The Labute approximate surface area is 354 Å². The van der Waals surface area contributed by atoms with Crippen molar-refractivity contribution in [1.29, 1.82) is 0 Å². The maximum absolute atomic E-state index is 13.1. The summed E-state index contributed by atoms with van der Waals surface area (Å²) in [5.41, 5.74) is 24.0. The van der Waals surface area contributed by atoms with Crippen LogP contribution in [0.25, 0.3) is 0 Å². The van der Waals surface area contributed by atoms with Crippen LogP contribution in [0.5, 0.6) is 5.75 Å². The van der Waals surface area contributed by atoms with Gasteiger partial charge in [0.25, 0.3) is 11.8 Å². The Morgan fingerprint density at radius 2 is 1.03 bits per heavy atom. The van der Waals surface area contributed by atoms with E-state index < -0.39 is 23.9 Å². The van der Waals surface area contributed by atoms with E-state index in [1.165, 1.54) is 18.2 Å².